The number of amides is 1. The lowest BCUT2D eigenvalue weighted by molar-refractivity contribution is -0.147. The number of allylic oxidation sites excluding steroid dienone is 3. The van der Waals surface area contributed by atoms with E-state index >= 15 is 0 Å². The number of hydrogen-bond acceptors (Lipinski definition) is 3. The molecule has 0 bridgehead atoms. The highest BCUT2D eigenvalue weighted by atomic mass is 16.5. The van der Waals surface area contributed by atoms with Gasteiger partial charge < -0.3 is 14.7 Å². The second-order valence-electron chi connectivity index (χ2n) is 6.34. The van der Waals surface area contributed by atoms with Gasteiger partial charge in [-0.15, -0.1) is 0 Å². The fourth-order valence-corrected chi connectivity index (χ4v) is 2.64. The van der Waals surface area contributed by atoms with Gasteiger partial charge in [0.25, 0.3) is 0 Å². The van der Waals surface area contributed by atoms with Crippen LogP contribution in [0.15, 0.2) is 53.6 Å². The molecule has 162 valence electrons. The lowest BCUT2D eigenvalue weighted by atomic mass is 10.0. The highest BCUT2D eigenvalue weighted by molar-refractivity contribution is 5.86. The summed E-state index contributed by atoms with van der Waals surface area (Å²) < 4.78 is 5.73. The Labute approximate surface area is 176 Å². The van der Waals surface area contributed by atoms with Gasteiger partial charge in [0.05, 0.1) is 12.5 Å². The van der Waals surface area contributed by atoms with Crippen LogP contribution in [0, 0.1) is 0 Å². The fourth-order valence-electron chi connectivity index (χ4n) is 2.64. The molecule has 1 saturated heterocycles. The number of para-hydroxylation sites is 1. The molecular weight excluding hydrogens is 366 g/mol. The SMILES string of the molecule is C/C(=C\C=C(/C)C(=O)O)CCCN1C(=O)CC1COc1ccccc1.CC.CC. The number of carbonyl (C=O) groups excluding carboxylic acids is 1. The summed E-state index contributed by atoms with van der Waals surface area (Å²) in [4.78, 5) is 24.4. The van der Waals surface area contributed by atoms with E-state index in [0.29, 0.717) is 25.1 Å². The summed E-state index contributed by atoms with van der Waals surface area (Å²) in [6, 6.07) is 9.75. The van der Waals surface area contributed by atoms with Gasteiger partial charge in [-0.3, -0.25) is 4.79 Å². The number of rotatable bonds is 9. The van der Waals surface area contributed by atoms with Crippen LogP contribution < -0.4 is 4.74 Å². The Morgan fingerprint density at radius 1 is 1.14 bits per heavy atom. The monoisotopic (exact) mass is 403 g/mol. The van der Waals surface area contributed by atoms with E-state index in [-0.39, 0.29) is 11.9 Å². The molecule has 5 nitrogen and oxygen atoms in total. The van der Waals surface area contributed by atoms with Crippen LogP contribution in [0.3, 0.4) is 0 Å². The van der Waals surface area contributed by atoms with Gasteiger partial charge in [-0.2, -0.15) is 0 Å². The minimum atomic E-state index is -0.906. The number of likely N-dealkylation sites (tertiary alicyclic amines) is 1. The van der Waals surface area contributed by atoms with Gasteiger partial charge in [-0.1, -0.05) is 63.6 Å². The molecule has 0 spiro atoms. The average Bonchev–Trinajstić information content (AvgIpc) is 2.75. The highest BCUT2D eigenvalue weighted by Gasteiger charge is 2.35. The van der Waals surface area contributed by atoms with Crippen LogP contribution in [0.5, 0.6) is 5.75 Å². The molecular formula is C24H37NO4. The molecule has 1 N–H and O–H groups in total. The number of carbonyl (C=O) groups is 2. The molecule has 2 rings (SSSR count). The molecule has 29 heavy (non-hydrogen) atoms. The van der Waals surface area contributed by atoms with Crippen LogP contribution >= 0.6 is 0 Å². The second-order valence-corrected chi connectivity index (χ2v) is 6.34. The first-order chi connectivity index (χ1) is 14.0. The van der Waals surface area contributed by atoms with Crippen molar-refractivity contribution in [3.8, 4) is 5.75 Å². The first-order valence-electron chi connectivity index (χ1n) is 10.5. The van der Waals surface area contributed by atoms with Crippen LogP contribution in [0.4, 0.5) is 0 Å². The number of hydrogen-bond donors (Lipinski definition) is 1. The summed E-state index contributed by atoms with van der Waals surface area (Å²) in [5.41, 5.74) is 1.42. The van der Waals surface area contributed by atoms with E-state index in [1.54, 1.807) is 13.0 Å². The van der Waals surface area contributed by atoms with Crippen molar-refractivity contribution >= 4 is 11.9 Å². The maximum atomic E-state index is 11.8. The molecule has 0 aromatic heterocycles. The quantitative estimate of drug-likeness (QED) is 0.337. The number of benzene rings is 1. The van der Waals surface area contributed by atoms with Gasteiger partial charge in [-0.05, 0) is 38.8 Å². The molecule has 1 amide bonds. The van der Waals surface area contributed by atoms with Crippen LogP contribution in [0.1, 0.15) is 60.8 Å². The Hall–Kier alpha value is -2.56. The van der Waals surface area contributed by atoms with E-state index in [9.17, 15) is 9.59 Å². The number of carboxylic acids is 1. The van der Waals surface area contributed by atoms with Gasteiger partial charge in [-0.25, -0.2) is 4.79 Å². The van der Waals surface area contributed by atoms with E-state index in [4.69, 9.17) is 9.84 Å². The number of aliphatic carboxylic acids is 1. The van der Waals surface area contributed by atoms with Gasteiger partial charge in [0, 0.05) is 12.1 Å². The molecule has 1 aromatic rings. The van der Waals surface area contributed by atoms with Crippen molar-refractivity contribution in [2.24, 2.45) is 0 Å². The number of carboxylic acid groups (broad SMARTS) is 1. The average molecular weight is 404 g/mol. The first kappa shape index (κ1) is 26.4. The highest BCUT2D eigenvalue weighted by Crippen LogP contribution is 2.22. The Morgan fingerprint density at radius 2 is 1.76 bits per heavy atom. The van der Waals surface area contributed by atoms with Gasteiger partial charge in [0.1, 0.15) is 12.4 Å². The zero-order chi connectivity index (χ0) is 22.2. The summed E-state index contributed by atoms with van der Waals surface area (Å²) in [7, 11) is 0. The van der Waals surface area contributed by atoms with Crippen molar-refractivity contribution in [2.75, 3.05) is 13.2 Å². The predicted octanol–water partition coefficient (Wildman–Crippen LogP) is 5.48. The van der Waals surface area contributed by atoms with E-state index in [1.807, 2.05) is 75.9 Å². The fraction of sp³-hybridized carbons (Fsp3) is 0.500. The van der Waals surface area contributed by atoms with E-state index in [1.165, 1.54) is 0 Å². The van der Waals surface area contributed by atoms with E-state index < -0.39 is 5.97 Å². The number of nitrogens with zero attached hydrogens (tertiary/aromatic N) is 1. The third-order valence-electron chi connectivity index (χ3n) is 4.28. The summed E-state index contributed by atoms with van der Waals surface area (Å²) in [5.74, 6) is 0.0857. The molecule has 1 fully saturated rings. The predicted molar refractivity (Wildman–Crippen MR) is 119 cm³/mol. The van der Waals surface area contributed by atoms with Crippen LogP contribution in [0.2, 0.25) is 0 Å². The van der Waals surface area contributed by atoms with E-state index in [0.717, 1.165) is 24.2 Å². The number of β-lactam (4-membered cyclic amide) rings is 1. The summed E-state index contributed by atoms with van der Waals surface area (Å²) in [5, 5.41) is 8.82. The Balaban J connectivity index is 0.00000184. The minimum absolute atomic E-state index is 0.145. The molecule has 1 heterocycles. The zero-order valence-corrected chi connectivity index (χ0v) is 18.8. The molecule has 1 aromatic carbocycles. The van der Waals surface area contributed by atoms with Crippen LogP contribution in [-0.2, 0) is 9.59 Å². The van der Waals surface area contributed by atoms with Crippen molar-refractivity contribution < 1.29 is 19.4 Å². The molecule has 1 aliphatic heterocycles. The third-order valence-corrected chi connectivity index (χ3v) is 4.28. The van der Waals surface area contributed by atoms with Crippen molar-refractivity contribution in [3.05, 3.63) is 53.6 Å². The lowest BCUT2D eigenvalue weighted by Gasteiger charge is -2.40. The summed E-state index contributed by atoms with van der Waals surface area (Å²) >= 11 is 0. The van der Waals surface area contributed by atoms with Crippen LogP contribution in [0.25, 0.3) is 0 Å². The smallest absolute Gasteiger partial charge is 0.331 e. The molecule has 1 unspecified atom stereocenters. The molecule has 0 saturated carbocycles. The molecule has 5 heteroatoms. The third kappa shape index (κ3) is 9.97. The molecule has 0 aliphatic carbocycles. The molecule has 0 radical (unpaired) electrons. The summed E-state index contributed by atoms with van der Waals surface area (Å²) in [6.07, 6.45) is 5.68. The standard InChI is InChI=1S/C20H25NO4.2C2H6/c1-15(10-11-16(2)20(23)24)7-6-12-21-17(13-19(21)22)14-25-18-8-4-3-5-9-18;2*1-2/h3-5,8-11,17H,6-7,12-14H2,1-2H3,(H,23,24);2*1-2H3/b15-10+,16-11+;;. The summed E-state index contributed by atoms with van der Waals surface area (Å²) in [6.45, 7) is 12.8. The largest absolute Gasteiger partial charge is 0.491 e. The Bertz CT molecular complexity index is 665. The van der Waals surface area contributed by atoms with Gasteiger partial charge in [0.15, 0.2) is 0 Å². The normalized spacial score (nSPS) is 16.0. The molecule has 1 aliphatic rings. The van der Waals surface area contributed by atoms with Crippen molar-refractivity contribution in [1.82, 2.24) is 4.90 Å². The van der Waals surface area contributed by atoms with Gasteiger partial charge in [0.2, 0.25) is 5.91 Å². The second kappa shape index (κ2) is 15.4. The Kier molecular flexibility index (Phi) is 14.0. The molecule has 1 atom stereocenters. The van der Waals surface area contributed by atoms with Gasteiger partial charge >= 0.3 is 5.97 Å². The van der Waals surface area contributed by atoms with Crippen molar-refractivity contribution in [1.29, 1.82) is 0 Å². The van der Waals surface area contributed by atoms with Crippen LogP contribution in [-0.4, -0.2) is 41.1 Å². The minimum Gasteiger partial charge on any atom is -0.491 e. The zero-order valence-electron chi connectivity index (χ0n) is 18.8. The topological polar surface area (TPSA) is 66.8 Å². The van der Waals surface area contributed by atoms with Crippen molar-refractivity contribution in [3.63, 3.8) is 0 Å². The number of ether oxygens (including phenoxy) is 1. The Morgan fingerprint density at radius 3 is 2.31 bits per heavy atom. The maximum Gasteiger partial charge on any atom is 0.331 e. The first-order valence-corrected chi connectivity index (χ1v) is 10.5. The lowest BCUT2D eigenvalue weighted by Crippen LogP contribution is -2.55. The van der Waals surface area contributed by atoms with E-state index in [2.05, 4.69) is 0 Å². The van der Waals surface area contributed by atoms with Crippen molar-refractivity contribution in [2.45, 2.75) is 66.8 Å². The maximum absolute atomic E-state index is 11.8.